The first-order chi connectivity index (χ1) is 18.5. The summed E-state index contributed by atoms with van der Waals surface area (Å²) in [7, 11) is 0. The van der Waals surface area contributed by atoms with Crippen molar-refractivity contribution in [3.05, 3.63) is 24.3 Å². The number of likely N-dealkylation sites (tertiary alicyclic amines) is 1. The quantitative estimate of drug-likeness (QED) is 0.278. The molecule has 210 valence electrons. The minimum Gasteiger partial charge on any atom is -0.465 e. The molecule has 1 N–H and O–H groups in total. The zero-order valence-corrected chi connectivity index (χ0v) is 22.4. The number of morpholine rings is 1. The summed E-state index contributed by atoms with van der Waals surface area (Å²) < 4.78 is 18.0. The van der Waals surface area contributed by atoms with Crippen LogP contribution in [0.25, 0.3) is 0 Å². The molecule has 0 aromatic heterocycles. The summed E-state index contributed by atoms with van der Waals surface area (Å²) in [6.45, 7) is 7.28. The second-order valence-electron chi connectivity index (χ2n) is 10.9. The van der Waals surface area contributed by atoms with Crippen molar-refractivity contribution in [2.75, 3.05) is 65.7 Å². The summed E-state index contributed by atoms with van der Waals surface area (Å²) in [5.41, 5.74) is -2.28. The van der Waals surface area contributed by atoms with Crippen LogP contribution >= 0.6 is 0 Å². The maximum Gasteiger partial charge on any atom is 0.313 e. The van der Waals surface area contributed by atoms with Crippen LogP contribution in [-0.2, 0) is 28.6 Å². The number of allylic oxidation sites excluding steroid dienone is 1. The van der Waals surface area contributed by atoms with E-state index in [-0.39, 0.29) is 18.4 Å². The van der Waals surface area contributed by atoms with Crippen LogP contribution in [0.2, 0.25) is 0 Å². The summed E-state index contributed by atoms with van der Waals surface area (Å²) in [5, 5.41) is 9.37. The molecular weight excluding hydrogens is 490 g/mol. The molecule has 0 aromatic carbocycles. The zero-order valence-electron chi connectivity index (χ0n) is 22.4. The number of rotatable bonds is 8. The molecule has 0 bridgehead atoms. The molecule has 2 amide bonds. The number of cyclic esters (lactones) is 1. The maximum atomic E-state index is 14.3. The second kappa shape index (κ2) is 11.5. The van der Waals surface area contributed by atoms with Crippen molar-refractivity contribution in [1.29, 1.82) is 0 Å². The molecule has 3 fully saturated rings. The van der Waals surface area contributed by atoms with E-state index in [4.69, 9.17) is 14.2 Å². The van der Waals surface area contributed by atoms with Crippen molar-refractivity contribution < 1.29 is 33.7 Å². The molecule has 3 saturated heterocycles. The van der Waals surface area contributed by atoms with E-state index < -0.39 is 35.0 Å². The fourth-order valence-electron chi connectivity index (χ4n) is 6.84. The van der Waals surface area contributed by atoms with E-state index >= 15 is 0 Å². The molecule has 5 atom stereocenters. The molecule has 5 rings (SSSR count). The molecule has 0 aromatic rings. The number of esters is 1. The molecule has 1 unspecified atom stereocenters. The smallest absolute Gasteiger partial charge is 0.313 e. The molecule has 10 nitrogen and oxygen atoms in total. The highest BCUT2D eigenvalue weighted by molar-refractivity contribution is 5.99. The first-order valence-corrected chi connectivity index (χ1v) is 14.2. The number of hydrogen-bond donors (Lipinski definition) is 1. The minimum atomic E-state index is -1.26. The van der Waals surface area contributed by atoms with Gasteiger partial charge in [-0.3, -0.25) is 19.3 Å². The number of amides is 2. The minimum absolute atomic E-state index is 0.00990. The monoisotopic (exact) mass is 531 g/mol. The van der Waals surface area contributed by atoms with Gasteiger partial charge in [0.2, 0.25) is 11.8 Å². The summed E-state index contributed by atoms with van der Waals surface area (Å²) in [4.78, 5) is 47.7. The first kappa shape index (κ1) is 27.3. The topological polar surface area (TPSA) is 109 Å². The molecule has 10 heteroatoms. The van der Waals surface area contributed by atoms with Crippen molar-refractivity contribution in [2.24, 2.45) is 11.8 Å². The highest BCUT2D eigenvalue weighted by Gasteiger charge is 2.75. The fourth-order valence-corrected chi connectivity index (χ4v) is 6.84. The van der Waals surface area contributed by atoms with Gasteiger partial charge in [-0.25, -0.2) is 0 Å². The van der Waals surface area contributed by atoms with Gasteiger partial charge in [0, 0.05) is 45.9 Å². The predicted octanol–water partition coefficient (Wildman–Crippen LogP) is 0.744. The highest BCUT2D eigenvalue weighted by atomic mass is 16.6. The van der Waals surface area contributed by atoms with Crippen molar-refractivity contribution in [3.8, 4) is 0 Å². The van der Waals surface area contributed by atoms with Crippen molar-refractivity contribution in [3.63, 3.8) is 0 Å². The van der Waals surface area contributed by atoms with Gasteiger partial charge < -0.3 is 29.1 Å². The molecule has 0 radical (unpaired) electrons. The second-order valence-corrected chi connectivity index (χ2v) is 10.9. The lowest BCUT2D eigenvalue weighted by Gasteiger charge is -2.38. The van der Waals surface area contributed by atoms with Gasteiger partial charge in [0.15, 0.2) is 0 Å². The van der Waals surface area contributed by atoms with E-state index in [0.29, 0.717) is 65.1 Å². The van der Waals surface area contributed by atoms with Gasteiger partial charge in [-0.05, 0) is 32.1 Å². The molecule has 5 heterocycles. The third-order valence-electron chi connectivity index (χ3n) is 8.81. The van der Waals surface area contributed by atoms with Gasteiger partial charge in [-0.1, -0.05) is 31.2 Å². The van der Waals surface area contributed by atoms with Gasteiger partial charge in [0.25, 0.3) is 0 Å². The Balaban J connectivity index is 1.51. The number of nitrogens with zero attached hydrogens (tertiary/aromatic N) is 3. The van der Waals surface area contributed by atoms with Crippen molar-refractivity contribution >= 4 is 17.8 Å². The van der Waals surface area contributed by atoms with Crippen molar-refractivity contribution in [2.45, 2.75) is 56.3 Å². The number of carbonyl (C=O) groups is 3. The van der Waals surface area contributed by atoms with E-state index in [1.54, 1.807) is 4.90 Å². The number of aliphatic hydroxyl groups excluding tert-OH is 1. The number of hydrogen-bond acceptors (Lipinski definition) is 8. The number of unbranched alkanes of at least 4 members (excludes halogenated alkanes) is 1. The normalized spacial score (nSPS) is 36.6. The number of ether oxygens (including phenoxy) is 3. The average molecular weight is 532 g/mol. The molecule has 5 aliphatic rings. The lowest BCUT2D eigenvalue weighted by Crippen LogP contribution is -2.57. The van der Waals surface area contributed by atoms with Gasteiger partial charge in [-0.15, -0.1) is 0 Å². The number of aliphatic hydroxyl groups is 1. The number of carbonyl (C=O) groups excluding carboxylic acids is 3. The van der Waals surface area contributed by atoms with E-state index in [2.05, 4.69) is 4.90 Å². The SMILES string of the molecule is CC[C@@]12/C=C\CCCOC(=O)[C@@H]1[C@H]1C(=O)N(CCCCO)C3C(=O)N(CCN4CCOCC4)CC=C[C@@]31O2. The maximum absolute atomic E-state index is 14.3. The van der Waals surface area contributed by atoms with Crippen LogP contribution in [-0.4, -0.2) is 121 Å². The standard InChI is InChI=1S/C28H41N3O7/c1-2-27-9-4-3-7-18-37-26(35)22(27)21-24(33)31(12-5-6-17-32)23-25(34)30(11-8-10-28(21,23)38-27)14-13-29-15-19-36-20-16-29/h4,8-10,21-23,32H,2-3,5-7,11-20H2,1H3/b9-4-/t21-,22-,23?,27+,28-/m0/s1. The van der Waals surface area contributed by atoms with Gasteiger partial charge in [0.1, 0.15) is 23.2 Å². The highest BCUT2D eigenvalue weighted by Crippen LogP contribution is 2.58. The lowest BCUT2D eigenvalue weighted by atomic mass is 9.73. The Kier molecular flexibility index (Phi) is 8.23. The lowest BCUT2D eigenvalue weighted by molar-refractivity contribution is -0.161. The summed E-state index contributed by atoms with van der Waals surface area (Å²) >= 11 is 0. The fraction of sp³-hybridized carbons (Fsp3) is 0.750. The van der Waals surface area contributed by atoms with E-state index in [9.17, 15) is 19.5 Å². The van der Waals surface area contributed by atoms with Gasteiger partial charge >= 0.3 is 5.97 Å². The van der Waals surface area contributed by atoms with Crippen LogP contribution in [0.15, 0.2) is 24.3 Å². The Bertz CT molecular complexity index is 964. The first-order valence-electron chi connectivity index (χ1n) is 14.2. The third kappa shape index (κ3) is 4.69. The number of fused-ring (bicyclic) bond motifs is 2. The molecular formula is C28H41N3O7. The van der Waals surface area contributed by atoms with Gasteiger partial charge in [0.05, 0.1) is 25.7 Å². The molecule has 0 aliphatic carbocycles. The predicted molar refractivity (Wildman–Crippen MR) is 138 cm³/mol. The average Bonchev–Trinajstić information content (AvgIpc) is 3.30. The largest absolute Gasteiger partial charge is 0.465 e. The molecule has 1 spiro atoms. The van der Waals surface area contributed by atoms with Crippen molar-refractivity contribution in [1.82, 2.24) is 14.7 Å². The molecule has 0 saturated carbocycles. The summed E-state index contributed by atoms with van der Waals surface area (Å²) in [6.07, 6.45) is 10.8. The van der Waals surface area contributed by atoms with Crippen LogP contribution in [0.4, 0.5) is 0 Å². The van der Waals surface area contributed by atoms with E-state index in [1.807, 2.05) is 36.1 Å². The Hall–Kier alpha value is -2.27. The Morgan fingerprint density at radius 2 is 1.79 bits per heavy atom. The third-order valence-corrected chi connectivity index (χ3v) is 8.81. The Labute approximate surface area is 224 Å². The van der Waals surface area contributed by atoms with Gasteiger partial charge in [-0.2, -0.15) is 0 Å². The Morgan fingerprint density at radius 1 is 0.974 bits per heavy atom. The van der Waals surface area contributed by atoms with Crippen LogP contribution < -0.4 is 0 Å². The van der Waals surface area contributed by atoms with Crippen LogP contribution in [0, 0.1) is 11.8 Å². The summed E-state index contributed by atoms with van der Waals surface area (Å²) in [6, 6.07) is -0.873. The van der Waals surface area contributed by atoms with E-state index in [0.717, 1.165) is 26.1 Å². The van der Waals surface area contributed by atoms with Crippen LogP contribution in [0.1, 0.15) is 39.0 Å². The van der Waals surface area contributed by atoms with Crippen LogP contribution in [0.3, 0.4) is 0 Å². The summed E-state index contributed by atoms with van der Waals surface area (Å²) in [5.74, 6) is -2.52. The molecule has 38 heavy (non-hydrogen) atoms. The Morgan fingerprint density at radius 3 is 2.55 bits per heavy atom. The van der Waals surface area contributed by atoms with Crippen LogP contribution in [0.5, 0.6) is 0 Å². The zero-order chi connectivity index (χ0) is 26.8. The molecule has 5 aliphatic heterocycles. The van der Waals surface area contributed by atoms with E-state index in [1.165, 1.54) is 0 Å².